The summed E-state index contributed by atoms with van der Waals surface area (Å²) in [7, 11) is 0. The Hall–Kier alpha value is -0.560. The lowest BCUT2D eigenvalue weighted by Gasteiger charge is -2.17. The average molecular weight is 409 g/mol. The third-order valence-electron chi connectivity index (χ3n) is 3.89. The lowest BCUT2D eigenvalue weighted by Crippen LogP contribution is -2.29. The van der Waals surface area contributed by atoms with Crippen molar-refractivity contribution in [2.24, 2.45) is 0 Å². The van der Waals surface area contributed by atoms with Gasteiger partial charge in [0.1, 0.15) is 14.8 Å². The van der Waals surface area contributed by atoms with Crippen molar-refractivity contribution in [3.05, 3.63) is 41.5 Å². The Bertz CT molecular complexity index is 694. The SMILES string of the molecule is CCCCCCCCCC(n1sc(Cl)cc1=O)n1sc(Cl)cc1=O. The van der Waals surface area contributed by atoms with Crippen molar-refractivity contribution >= 4 is 46.3 Å². The summed E-state index contributed by atoms with van der Waals surface area (Å²) in [5.41, 5.74) is -0.344. The van der Waals surface area contributed by atoms with Crippen LogP contribution in [0, 0.1) is 0 Å². The first-order valence-corrected chi connectivity index (χ1v) is 10.6. The van der Waals surface area contributed by atoms with Gasteiger partial charge >= 0.3 is 0 Å². The molecule has 2 aromatic rings. The number of halogens is 2. The predicted octanol–water partition coefficient (Wildman–Crippen LogP) is 5.63. The van der Waals surface area contributed by atoms with Gasteiger partial charge in [0.05, 0.1) is 0 Å². The molecule has 0 atom stereocenters. The van der Waals surface area contributed by atoms with E-state index in [1.165, 1.54) is 67.3 Å². The molecule has 0 saturated carbocycles. The molecule has 0 bridgehead atoms. The topological polar surface area (TPSA) is 44.0 Å². The molecule has 0 aliphatic heterocycles. The van der Waals surface area contributed by atoms with Crippen molar-refractivity contribution in [3.63, 3.8) is 0 Å². The summed E-state index contributed by atoms with van der Waals surface area (Å²) in [6, 6.07) is 2.79. The van der Waals surface area contributed by atoms with Crippen molar-refractivity contribution < 1.29 is 0 Å². The summed E-state index contributed by atoms with van der Waals surface area (Å²) in [4.78, 5) is 24.3. The fourth-order valence-electron chi connectivity index (χ4n) is 2.68. The Balaban J connectivity index is 2.05. The molecule has 0 aliphatic carbocycles. The van der Waals surface area contributed by atoms with Crippen LogP contribution in [0.25, 0.3) is 0 Å². The van der Waals surface area contributed by atoms with Crippen molar-refractivity contribution in [1.29, 1.82) is 0 Å². The first-order chi connectivity index (χ1) is 11.5. The first-order valence-electron chi connectivity index (χ1n) is 8.29. The van der Waals surface area contributed by atoms with Crippen molar-refractivity contribution in [2.75, 3.05) is 0 Å². The van der Waals surface area contributed by atoms with Crippen LogP contribution in [0.4, 0.5) is 0 Å². The molecular formula is C16H22Cl2N2O2S2. The molecule has 4 nitrogen and oxygen atoms in total. The minimum absolute atomic E-state index is 0.172. The zero-order valence-electron chi connectivity index (χ0n) is 13.7. The smallest absolute Gasteiger partial charge is 0.264 e. The fourth-order valence-corrected chi connectivity index (χ4v) is 4.98. The van der Waals surface area contributed by atoms with E-state index in [0.717, 1.165) is 19.3 Å². The van der Waals surface area contributed by atoms with E-state index >= 15 is 0 Å². The van der Waals surface area contributed by atoms with Gasteiger partial charge in [0.2, 0.25) is 0 Å². The molecule has 0 amide bonds. The van der Waals surface area contributed by atoms with Crippen molar-refractivity contribution in [1.82, 2.24) is 7.91 Å². The van der Waals surface area contributed by atoms with Gasteiger partial charge in [-0.1, -0.05) is 68.7 Å². The monoisotopic (exact) mass is 408 g/mol. The van der Waals surface area contributed by atoms with Crippen LogP contribution in [0.1, 0.15) is 64.5 Å². The van der Waals surface area contributed by atoms with Gasteiger partial charge in [0.15, 0.2) is 0 Å². The predicted molar refractivity (Wildman–Crippen MR) is 104 cm³/mol. The first kappa shape index (κ1) is 19.8. The molecule has 8 heteroatoms. The van der Waals surface area contributed by atoms with E-state index in [1.807, 2.05) is 0 Å². The number of rotatable bonds is 10. The highest BCUT2D eigenvalue weighted by atomic mass is 35.5. The molecule has 0 spiro atoms. The maximum absolute atomic E-state index is 12.1. The van der Waals surface area contributed by atoms with Crippen LogP contribution in [-0.2, 0) is 0 Å². The van der Waals surface area contributed by atoms with Gasteiger partial charge in [-0.2, -0.15) is 0 Å². The maximum Gasteiger partial charge on any atom is 0.264 e. The summed E-state index contributed by atoms with van der Waals surface area (Å²) in [5, 5.41) is 0. The Morgan fingerprint density at radius 1 is 0.875 bits per heavy atom. The van der Waals surface area contributed by atoms with Gasteiger partial charge in [-0.15, -0.1) is 0 Å². The highest BCUT2D eigenvalue weighted by molar-refractivity contribution is 7.12. The Kier molecular flexibility index (Phi) is 8.07. The quantitative estimate of drug-likeness (QED) is 0.478. The van der Waals surface area contributed by atoms with E-state index in [4.69, 9.17) is 23.2 Å². The fraction of sp³-hybridized carbons (Fsp3) is 0.625. The normalized spacial score (nSPS) is 11.5. The van der Waals surface area contributed by atoms with Gasteiger partial charge in [-0.25, -0.2) is 7.91 Å². The van der Waals surface area contributed by atoms with E-state index < -0.39 is 0 Å². The number of hydrogen-bond acceptors (Lipinski definition) is 4. The molecule has 2 heterocycles. The second kappa shape index (κ2) is 9.80. The number of unbranched alkanes of at least 4 members (excludes halogenated alkanes) is 6. The highest BCUT2D eigenvalue weighted by Gasteiger charge is 2.20. The summed E-state index contributed by atoms with van der Waals surface area (Å²) in [6.45, 7) is 2.21. The molecule has 0 radical (unpaired) electrons. The van der Waals surface area contributed by atoms with E-state index in [1.54, 1.807) is 7.91 Å². The van der Waals surface area contributed by atoms with Gasteiger partial charge in [0.25, 0.3) is 11.1 Å². The molecule has 2 aromatic heterocycles. The van der Waals surface area contributed by atoms with Gasteiger partial charge in [0, 0.05) is 12.1 Å². The third kappa shape index (κ3) is 5.48. The Morgan fingerprint density at radius 2 is 1.33 bits per heavy atom. The summed E-state index contributed by atoms with van der Waals surface area (Å²) in [5.74, 6) is 0. The molecule has 0 unspecified atom stereocenters. The molecule has 0 fully saturated rings. The van der Waals surface area contributed by atoms with Crippen LogP contribution < -0.4 is 11.1 Å². The zero-order valence-corrected chi connectivity index (χ0v) is 16.8. The second-order valence-corrected chi connectivity index (χ2v) is 9.09. The minimum atomic E-state index is -0.337. The molecule has 0 saturated heterocycles. The lowest BCUT2D eigenvalue weighted by molar-refractivity contribution is 0.413. The van der Waals surface area contributed by atoms with Crippen molar-refractivity contribution in [2.45, 2.75) is 64.5 Å². The molecule has 0 aromatic carbocycles. The van der Waals surface area contributed by atoms with Crippen molar-refractivity contribution in [3.8, 4) is 0 Å². The van der Waals surface area contributed by atoms with E-state index in [2.05, 4.69) is 6.92 Å². The molecule has 0 aliphatic rings. The van der Waals surface area contributed by atoms with Crippen LogP contribution in [0.15, 0.2) is 21.7 Å². The van der Waals surface area contributed by atoms with Crippen LogP contribution in [-0.4, -0.2) is 7.91 Å². The van der Waals surface area contributed by atoms with E-state index in [0.29, 0.717) is 8.67 Å². The van der Waals surface area contributed by atoms with Gasteiger partial charge in [-0.3, -0.25) is 9.59 Å². The van der Waals surface area contributed by atoms with Crippen LogP contribution in [0.5, 0.6) is 0 Å². The number of aromatic nitrogens is 2. The molecule has 134 valence electrons. The summed E-state index contributed by atoms with van der Waals surface area (Å²) < 4.78 is 4.02. The average Bonchev–Trinajstić information content (AvgIpc) is 3.03. The standard InChI is InChI=1S/C16H22Cl2N2O2S2/c1-2-3-4-5-6-7-8-9-14(19-15(21)10-12(17)23-19)20-16(22)11-13(18)24-20/h10-11,14H,2-9H2,1H3. The Labute approximate surface area is 159 Å². The summed E-state index contributed by atoms with van der Waals surface area (Å²) >= 11 is 14.3. The highest BCUT2D eigenvalue weighted by Crippen LogP contribution is 2.26. The number of nitrogens with zero attached hydrogens (tertiary/aromatic N) is 2. The zero-order chi connectivity index (χ0) is 17.5. The molecule has 2 rings (SSSR count). The van der Waals surface area contributed by atoms with Gasteiger partial charge < -0.3 is 0 Å². The van der Waals surface area contributed by atoms with Crippen LogP contribution >= 0.6 is 46.3 Å². The summed E-state index contributed by atoms with van der Waals surface area (Å²) in [6.07, 6.45) is 8.68. The molecular weight excluding hydrogens is 387 g/mol. The lowest BCUT2D eigenvalue weighted by atomic mass is 10.1. The third-order valence-corrected chi connectivity index (χ3v) is 6.34. The molecule has 24 heavy (non-hydrogen) atoms. The molecule has 0 N–H and O–H groups in total. The van der Waals surface area contributed by atoms with Gasteiger partial charge in [-0.05, 0) is 35.9 Å². The van der Waals surface area contributed by atoms with E-state index in [9.17, 15) is 9.59 Å². The minimum Gasteiger partial charge on any atom is -0.268 e. The van der Waals surface area contributed by atoms with E-state index in [-0.39, 0.29) is 17.3 Å². The Morgan fingerprint density at radius 3 is 1.75 bits per heavy atom. The maximum atomic E-state index is 12.1. The second-order valence-electron chi connectivity index (χ2n) is 5.80. The van der Waals surface area contributed by atoms with Crippen LogP contribution in [0.2, 0.25) is 8.67 Å². The van der Waals surface area contributed by atoms with Crippen LogP contribution in [0.3, 0.4) is 0 Å². The largest absolute Gasteiger partial charge is 0.268 e. The number of hydrogen-bond donors (Lipinski definition) is 0.